The number of rotatable bonds is 8. The van der Waals surface area contributed by atoms with Gasteiger partial charge in [0.2, 0.25) is 15.8 Å². The minimum absolute atomic E-state index is 0.0626. The molecule has 2 aromatic rings. The lowest BCUT2D eigenvalue weighted by Gasteiger charge is -2.14. The highest BCUT2D eigenvalue weighted by Gasteiger charge is 2.22. The van der Waals surface area contributed by atoms with E-state index in [1.54, 1.807) is 24.3 Å². The molecule has 2 rings (SSSR count). The number of esters is 1. The van der Waals surface area contributed by atoms with Crippen LogP contribution in [-0.2, 0) is 14.8 Å². The molecule has 0 heterocycles. The Kier molecular flexibility index (Phi) is 6.93. The predicted octanol–water partition coefficient (Wildman–Crippen LogP) is 2.76. The monoisotopic (exact) mass is 405 g/mol. The lowest BCUT2D eigenvalue weighted by atomic mass is 10.1. The van der Waals surface area contributed by atoms with Crippen molar-refractivity contribution in [3.63, 3.8) is 0 Å². The van der Waals surface area contributed by atoms with Crippen LogP contribution < -0.4 is 4.74 Å². The number of sulfonamides is 1. The van der Waals surface area contributed by atoms with Crippen molar-refractivity contribution in [2.24, 2.45) is 0 Å². The number of carbonyl (C=O) groups excluding carboxylic acids is 2. The largest absolute Gasteiger partial charge is 0.494 e. The molecule has 0 aliphatic carbocycles. The molecule has 0 amide bonds. The molecule has 28 heavy (non-hydrogen) atoms. The molecule has 0 fully saturated rings. The number of Topliss-reactive ketones (excluding diaryl/α,β-unsaturated/α-hetero) is 1. The molecule has 1 atom stereocenters. The maximum absolute atomic E-state index is 12.4. The Hall–Kier alpha value is -2.71. The maximum atomic E-state index is 12.4. The van der Waals surface area contributed by atoms with Crippen LogP contribution in [0.3, 0.4) is 0 Å². The van der Waals surface area contributed by atoms with E-state index in [1.807, 2.05) is 6.92 Å². The van der Waals surface area contributed by atoms with Crippen molar-refractivity contribution < 1.29 is 27.5 Å². The molecule has 0 aliphatic heterocycles. The molecule has 0 saturated heterocycles. The SMILES string of the molecule is CCOc1ccc(C(=O)[C@H](C)OC(=O)c2ccc(S(=O)(=O)N(C)C)cc2)cc1. The smallest absolute Gasteiger partial charge is 0.338 e. The molecule has 150 valence electrons. The van der Waals surface area contributed by atoms with Crippen molar-refractivity contribution in [2.75, 3.05) is 20.7 Å². The van der Waals surface area contributed by atoms with Crippen LogP contribution >= 0.6 is 0 Å². The fraction of sp³-hybridized carbons (Fsp3) is 0.300. The van der Waals surface area contributed by atoms with E-state index in [0.29, 0.717) is 17.9 Å². The summed E-state index contributed by atoms with van der Waals surface area (Å²) < 4.78 is 35.8. The van der Waals surface area contributed by atoms with Crippen LogP contribution in [0, 0.1) is 0 Å². The molecule has 2 aromatic carbocycles. The van der Waals surface area contributed by atoms with Crippen LogP contribution in [0.4, 0.5) is 0 Å². The first-order chi connectivity index (χ1) is 13.2. The molecule has 0 bridgehead atoms. The average Bonchev–Trinajstić information content (AvgIpc) is 2.68. The number of hydrogen-bond acceptors (Lipinski definition) is 6. The number of benzene rings is 2. The van der Waals surface area contributed by atoms with Gasteiger partial charge >= 0.3 is 5.97 Å². The van der Waals surface area contributed by atoms with E-state index in [1.165, 1.54) is 45.3 Å². The summed E-state index contributed by atoms with van der Waals surface area (Å²) in [7, 11) is -0.738. The number of hydrogen-bond donors (Lipinski definition) is 0. The van der Waals surface area contributed by atoms with Crippen molar-refractivity contribution in [3.8, 4) is 5.75 Å². The van der Waals surface area contributed by atoms with Crippen molar-refractivity contribution in [1.29, 1.82) is 0 Å². The van der Waals surface area contributed by atoms with Gasteiger partial charge in [0.1, 0.15) is 5.75 Å². The number of ketones is 1. The second-order valence-electron chi connectivity index (χ2n) is 6.18. The fourth-order valence-corrected chi connectivity index (χ4v) is 3.27. The van der Waals surface area contributed by atoms with E-state index >= 15 is 0 Å². The van der Waals surface area contributed by atoms with Gasteiger partial charge in [0.15, 0.2) is 6.10 Å². The number of carbonyl (C=O) groups is 2. The molecule has 0 aromatic heterocycles. The zero-order chi connectivity index (χ0) is 20.9. The zero-order valence-corrected chi connectivity index (χ0v) is 17.0. The average molecular weight is 405 g/mol. The van der Waals surface area contributed by atoms with Gasteiger partial charge in [0.25, 0.3) is 0 Å². The third kappa shape index (κ3) is 4.96. The molecule has 7 nitrogen and oxygen atoms in total. The Balaban J connectivity index is 2.06. The van der Waals surface area contributed by atoms with Crippen LogP contribution in [0.15, 0.2) is 53.4 Å². The molecule has 0 unspecified atom stereocenters. The normalized spacial score (nSPS) is 12.5. The van der Waals surface area contributed by atoms with Gasteiger partial charge in [-0.3, -0.25) is 4.79 Å². The first-order valence-electron chi connectivity index (χ1n) is 8.67. The van der Waals surface area contributed by atoms with E-state index in [9.17, 15) is 18.0 Å². The molecular formula is C20H23NO6S. The number of ether oxygens (including phenoxy) is 2. The van der Waals surface area contributed by atoms with Gasteiger partial charge in [-0.25, -0.2) is 17.5 Å². The van der Waals surface area contributed by atoms with Crippen LogP contribution in [-0.4, -0.2) is 51.3 Å². The molecule has 0 saturated carbocycles. The minimum atomic E-state index is -3.58. The summed E-state index contributed by atoms with van der Waals surface area (Å²) in [5.41, 5.74) is 0.556. The van der Waals surface area contributed by atoms with E-state index in [4.69, 9.17) is 9.47 Å². The molecule has 0 aliphatic rings. The number of nitrogens with zero attached hydrogens (tertiary/aromatic N) is 1. The van der Waals surface area contributed by atoms with Crippen LogP contribution in [0.1, 0.15) is 34.6 Å². The Morgan fingerprint density at radius 2 is 1.50 bits per heavy atom. The topological polar surface area (TPSA) is 90.0 Å². The van der Waals surface area contributed by atoms with Crippen molar-refractivity contribution in [2.45, 2.75) is 24.8 Å². The second-order valence-corrected chi connectivity index (χ2v) is 8.33. The lowest BCUT2D eigenvalue weighted by molar-refractivity contribution is 0.0318. The summed E-state index contributed by atoms with van der Waals surface area (Å²) in [5, 5.41) is 0. The standard InChI is InChI=1S/C20H23NO6S/c1-5-26-17-10-6-15(7-11-17)19(22)14(2)27-20(23)16-8-12-18(13-9-16)28(24,25)21(3)4/h6-14H,5H2,1-4H3/t14-/m0/s1. The third-order valence-electron chi connectivity index (χ3n) is 3.97. The highest BCUT2D eigenvalue weighted by Crippen LogP contribution is 2.17. The van der Waals surface area contributed by atoms with Gasteiger partial charge in [-0.15, -0.1) is 0 Å². The molecule has 0 radical (unpaired) electrons. The Labute approximate surface area is 164 Å². The Bertz CT molecular complexity index is 934. The lowest BCUT2D eigenvalue weighted by Crippen LogP contribution is -2.24. The maximum Gasteiger partial charge on any atom is 0.338 e. The fourth-order valence-electron chi connectivity index (χ4n) is 2.37. The summed E-state index contributed by atoms with van der Waals surface area (Å²) in [4.78, 5) is 24.8. The predicted molar refractivity (Wildman–Crippen MR) is 104 cm³/mol. The quantitative estimate of drug-likeness (QED) is 0.496. The summed E-state index contributed by atoms with van der Waals surface area (Å²) in [5.74, 6) is -0.403. The van der Waals surface area contributed by atoms with Gasteiger partial charge in [-0.1, -0.05) is 0 Å². The third-order valence-corrected chi connectivity index (χ3v) is 5.80. The van der Waals surface area contributed by atoms with Gasteiger partial charge in [0, 0.05) is 19.7 Å². The van der Waals surface area contributed by atoms with E-state index < -0.39 is 22.1 Å². The van der Waals surface area contributed by atoms with Crippen molar-refractivity contribution in [3.05, 3.63) is 59.7 Å². The Morgan fingerprint density at radius 1 is 0.964 bits per heavy atom. The summed E-state index contributed by atoms with van der Waals surface area (Å²) in [6.07, 6.45) is -0.990. The van der Waals surface area contributed by atoms with E-state index in [0.717, 1.165) is 4.31 Å². The van der Waals surface area contributed by atoms with Gasteiger partial charge in [-0.2, -0.15) is 0 Å². The summed E-state index contributed by atoms with van der Waals surface area (Å²) >= 11 is 0. The van der Waals surface area contributed by atoms with E-state index in [-0.39, 0.29) is 16.2 Å². The molecular weight excluding hydrogens is 382 g/mol. The van der Waals surface area contributed by atoms with Gasteiger partial charge < -0.3 is 9.47 Å². The Morgan fingerprint density at radius 3 is 2.00 bits per heavy atom. The van der Waals surface area contributed by atoms with Gasteiger partial charge in [-0.05, 0) is 62.4 Å². The zero-order valence-electron chi connectivity index (χ0n) is 16.2. The van der Waals surface area contributed by atoms with Gasteiger partial charge in [0.05, 0.1) is 17.1 Å². The van der Waals surface area contributed by atoms with Crippen molar-refractivity contribution >= 4 is 21.8 Å². The van der Waals surface area contributed by atoms with Crippen LogP contribution in [0.5, 0.6) is 5.75 Å². The minimum Gasteiger partial charge on any atom is -0.494 e. The first kappa shape index (κ1) is 21.6. The van der Waals surface area contributed by atoms with Crippen LogP contribution in [0.25, 0.3) is 0 Å². The second kappa shape index (κ2) is 8.99. The molecule has 0 spiro atoms. The molecule has 8 heteroatoms. The first-order valence-corrected chi connectivity index (χ1v) is 10.1. The highest BCUT2D eigenvalue weighted by molar-refractivity contribution is 7.89. The van der Waals surface area contributed by atoms with Crippen LogP contribution in [0.2, 0.25) is 0 Å². The van der Waals surface area contributed by atoms with E-state index in [2.05, 4.69) is 0 Å². The summed E-state index contributed by atoms with van der Waals surface area (Å²) in [6, 6.07) is 11.9. The highest BCUT2D eigenvalue weighted by atomic mass is 32.2. The van der Waals surface area contributed by atoms with Crippen molar-refractivity contribution in [1.82, 2.24) is 4.31 Å². The summed E-state index contributed by atoms with van der Waals surface area (Å²) in [6.45, 7) is 3.88. The molecule has 0 N–H and O–H groups in total.